The molecule has 5 heteroatoms. The van der Waals surface area contributed by atoms with Crippen LogP contribution in [0.4, 0.5) is 0 Å². The van der Waals surface area contributed by atoms with Crippen LogP contribution < -0.4 is 4.72 Å². The Bertz CT molecular complexity index is 426. The zero-order valence-corrected chi connectivity index (χ0v) is 11.0. The predicted molar refractivity (Wildman–Crippen MR) is 66.3 cm³/mol. The molecule has 0 aromatic heterocycles. The molecule has 0 aliphatic carbocycles. The van der Waals surface area contributed by atoms with Crippen molar-refractivity contribution in [2.24, 2.45) is 0 Å². The van der Waals surface area contributed by atoms with Gasteiger partial charge in [-0.05, 0) is 31.0 Å². The van der Waals surface area contributed by atoms with Gasteiger partial charge in [0, 0.05) is 11.9 Å². The van der Waals surface area contributed by atoms with Crippen molar-refractivity contribution in [2.75, 3.05) is 6.54 Å². The molecule has 3 nitrogen and oxygen atoms in total. The Labute approximate surface area is 102 Å². The van der Waals surface area contributed by atoms with E-state index in [-0.39, 0.29) is 5.38 Å². The topological polar surface area (TPSA) is 46.2 Å². The molecule has 16 heavy (non-hydrogen) atoms. The second-order valence-corrected chi connectivity index (χ2v) is 6.14. The summed E-state index contributed by atoms with van der Waals surface area (Å²) in [4.78, 5) is 0.292. The Morgan fingerprint density at radius 1 is 1.31 bits per heavy atom. The number of halogens is 1. The summed E-state index contributed by atoms with van der Waals surface area (Å²) in [5.41, 5.74) is 1.04. The molecule has 1 unspecified atom stereocenters. The predicted octanol–water partition coefficient (Wildman–Crippen LogP) is 2.15. The molecule has 0 saturated heterocycles. The molecule has 0 saturated carbocycles. The summed E-state index contributed by atoms with van der Waals surface area (Å²) in [6.45, 7) is 4.05. The highest BCUT2D eigenvalue weighted by atomic mass is 35.5. The molecule has 0 amide bonds. The highest BCUT2D eigenvalue weighted by molar-refractivity contribution is 7.89. The third kappa shape index (κ3) is 3.77. The summed E-state index contributed by atoms with van der Waals surface area (Å²) in [5.74, 6) is 0. The number of alkyl halides is 1. The number of rotatable bonds is 5. The van der Waals surface area contributed by atoms with Crippen molar-refractivity contribution in [3.05, 3.63) is 29.8 Å². The summed E-state index contributed by atoms with van der Waals surface area (Å²) in [7, 11) is -3.34. The molecule has 90 valence electrons. The minimum atomic E-state index is -3.34. The molecular weight excluding hydrogens is 246 g/mol. The van der Waals surface area contributed by atoms with Crippen LogP contribution in [0, 0.1) is 0 Å². The maximum Gasteiger partial charge on any atom is 0.240 e. The van der Waals surface area contributed by atoms with Crippen molar-refractivity contribution in [3.8, 4) is 0 Å². The van der Waals surface area contributed by atoms with E-state index < -0.39 is 10.0 Å². The van der Waals surface area contributed by atoms with Crippen LogP contribution in [0.1, 0.15) is 19.4 Å². The fraction of sp³-hybridized carbons (Fsp3) is 0.455. The highest BCUT2D eigenvalue weighted by Gasteiger charge is 2.11. The second kappa shape index (κ2) is 5.66. The fourth-order valence-electron chi connectivity index (χ4n) is 1.40. The first kappa shape index (κ1) is 13.5. The largest absolute Gasteiger partial charge is 0.240 e. The van der Waals surface area contributed by atoms with Gasteiger partial charge in [-0.25, -0.2) is 13.1 Å². The zero-order valence-electron chi connectivity index (χ0n) is 9.40. The molecule has 0 radical (unpaired) electrons. The van der Waals surface area contributed by atoms with Gasteiger partial charge in [0.2, 0.25) is 10.0 Å². The van der Waals surface area contributed by atoms with Crippen LogP contribution in [0.3, 0.4) is 0 Å². The van der Waals surface area contributed by atoms with Crippen molar-refractivity contribution >= 4 is 21.6 Å². The maximum absolute atomic E-state index is 11.6. The van der Waals surface area contributed by atoms with Gasteiger partial charge in [-0.1, -0.05) is 19.1 Å². The Morgan fingerprint density at radius 2 is 1.88 bits per heavy atom. The van der Waals surface area contributed by atoms with Gasteiger partial charge < -0.3 is 0 Å². The van der Waals surface area contributed by atoms with Crippen LogP contribution in [0.5, 0.6) is 0 Å². The van der Waals surface area contributed by atoms with Crippen molar-refractivity contribution in [1.82, 2.24) is 4.72 Å². The molecule has 1 N–H and O–H groups in total. The van der Waals surface area contributed by atoms with E-state index in [0.29, 0.717) is 11.4 Å². The van der Waals surface area contributed by atoms with Gasteiger partial charge in [-0.3, -0.25) is 0 Å². The summed E-state index contributed by atoms with van der Waals surface area (Å²) >= 11 is 5.86. The molecule has 0 spiro atoms. The van der Waals surface area contributed by atoms with Crippen molar-refractivity contribution in [3.63, 3.8) is 0 Å². The van der Waals surface area contributed by atoms with Crippen LogP contribution in [0.25, 0.3) is 0 Å². The average Bonchev–Trinajstić information content (AvgIpc) is 2.17. The smallest absolute Gasteiger partial charge is 0.211 e. The monoisotopic (exact) mass is 261 g/mol. The van der Waals surface area contributed by atoms with Crippen LogP contribution in [0.2, 0.25) is 0 Å². The number of benzene rings is 1. The van der Waals surface area contributed by atoms with Crippen LogP contribution >= 0.6 is 11.6 Å². The minimum absolute atomic E-state index is 0.0521. The highest BCUT2D eigenvalue weighted by Crippen LogP contribution is 2.13. The molecule has 0 fully saturated rings. The summed E-state index contributed by atoms with van der Waals surface area (Å²) < 4.78 is 25.7. The van der Waals surface area contributed by atoms with Crippen LogP contribution in [0.15, 0.2) is 29.2 Å². The molecule has 0 bridgehead atoms. The van der Waals surface area contributed by atoms with E-state index in [2.05, 4.69) is 4.72 Å². The number of sulfonamides is 1. The molecule has 0 aliphatic rings. The molecule has 0 heterocycles. The van der Waals surface area contributed by atoms with E-state index in [1.165, 1.54) is 0 Å². The molecule has 1 atom stereocenters. The van der Waals surface area contributed by atoms with E-state index in [4.69, 9.17) is 11.6 Å². The second-order valence-electron chi connectivity index (χ2n) is 3.63. The molecule has 0 aliphatic heterocycles. The van der Waals surface area contributed by atoms with Crippen molar-refractivity contribution < 1.29 is 8.42 Å². The number of nitrogens with one attached hydrogen (secondary N) is 1. The quantitative estimate of drug-likeness (QED) is 0.826. The van der Waals surface area contributed by atoms with E-state index in [1.54, 1.807) is 31.2 Å². The summed E-state index contributed by atoms with van der Waals surface area (Å²) in [5, 5.41) is 0.0521. The van der Waals surface area contributed by atoms with Gasteiger partial charge in [0.1, 0.15) is 0 Å². The molecule has 1 aromatic rings. The SMILES string of the molecule is CCNS(=O)(=O)c1ccc(CC(C)Cl)cc1. The van der Waals surface area contributed by atoms with Gasteiger partial charge in [-0.15, -0.1) is 11.6 Å². The van der Waals surface area contributed by atoms with Crippen molar-refractivity contribution in [2.45, 2.75) is 30.5 Å². The first-order chi connectivity index (χ1) is 7.45. The Kier molecular flexibility index (Phi) is 4.77. The van der Waals surface area contributed by atoms with Gasteiger partial charge in [0.25, 0.3) is 0 Å². The molecule has 1 aromatic carbocycles. The Morgan fingerprint density at radius 3 is 2.31 bits per heavy atom. The lowest BCUT2D eigenvalue weighted by atomic mass is 10.1. The van der Waals surface area contributed by atoms with Gasteiger partial charge in [0.05, 0.1) is 4.90 Å². The van der Waals surface area contributed by atoms with Crippen LogP contribution in [-0.4, -0.2) is 20.3 Å². The van der Waals surface area contributed by atoms with Gasteiger partial charge in [0.15, 0.2) is 0 Å². The minimum Gasteiger partial charge on any atom is -0.211 e. The lowest BCUT2D eigenvalue weighted by molar-refractivity contribution is 0.584. The number of hydrogen-bond donors (Lipinski definition) is 1. The first-order valence-electron chi connectivity index (χ1n) is 5.18. The third-order valence-electron chi connectivity index (χ3n) is 2.08. The van der Waals surface area contributed by atoms with E-state index in [9.17, 15) is 8.42 Å². The fourth-order valence-corrected chi connectivity index (χ4v) is 2.62. The lowest BCUT2D eigenvalue weighted by Gasteiger charge is -2.06. The number of hydrogen-bond acceptors (Lipinski definition) is 2. The summed E-state index contributed by atoms with van der Waals surface area (Å²) in [6, 6.07) is 6.80. The van der Waals surface area contributed by atoms with E-state index in [1.807, 2.05) is 6.92 Å². The Balaban J connectivity index is 2.87. The summed E-state index contributed by atoms with van der Waals surface area (Å²) in [6.07, 6.45) is 0.739. The first-order valence-corrected chi connectivity index (χ1v) is 7.10. The van der Waals surface area contributed by atoms with E-state index >= 15 is 0 Å². The average molecular weight is 262 g/mol. The Hall–Kier alpha value is -0.580. The molecular formula is C11H16ClNO2S. The van der Waals surface area contributed by atoms with Gasteiger partial charge >= 0.3 is 0 Å². The molecule has 1 rings (SSSR count). The maximum atomic E-state index is 11.6. The zero-order chi connectivity index (χ0) is 12.2. The van der Waals surface area contributed by atoms with E-state index in [0.717, 1.165) is 12.0 Å². The third-order valence-corrected chi connectivity index (χ3v) is 3.80. The van der Waals surface area contributed by atoms with Crippen LogP contribution in [-0.2, 0) is 16.4 Å². The lowest BCUT2D eigenvalue weighted by Crippen LogP contribution is -2.23. The van der Waals surface area contributed by atoms with Crippen molar-refractivity contribution in [1.29, 1.82) is 0 Å². The normalized spacial score (nSPS) is 13.7. The van der Waals surface area contributed by atoms with Gasteiger partial charge in [-0.2, -0.15) is 0 Å². The standard InChI is InChI=1S/C11H16ClNO2S/c1-3-13-16(14,15)11-6-4-10(5-7-11)8-9(2)12/h4-7,9,13H,3,8H2,1-2H3.